The van der Waals surface area contributed by atoms with Gasteiger partial charge in [-0.15, -0.1) is 0 Å². The molecule has 1 N–H and O–H groups in total. The largest absolute Gasteiger partial charge is 0.385 e. The maximum Gasteiger partial charge on any atom is 0.150 e. The van der Waals surface area contributed by atoms with Gasteiger partial charge in [0.15, 0.2) is 5.82 Å². The molecule has 2 aromatic rings. The molecule has 0 spiro atoms. The van der Waals surface area contributed by atoms with Crippen LogP contribution in [0.25, 0.3) is 0 Å². The highest BCUT2D eigenvalue weighted by Crippen LogP contribution is 2.05. The van der Waals surface area contributed by atoms with Gasteiger partial charge >= 0.3 is 0 Å². The Kier molecular flexibility index (Phi) is 3.75. The van der Waals surface area contributed by atoms with Crippen LogP contribution in [0.5, 0.6) is 0 Å². The molecular formula is C13H18N4. The highest BCUT2D eigenvalue weighted by atomic mass is 15.3. The molecule has 0 aliphatic carbocycles. The van der Waals surface area contributed by atoms with Crippen LogP contribution in [0.15, 0.2) is 30.3 Å². The summed E-state index contributed by atoms with van der Waals surface area (Å²) >= 11 is 0. The van der Waals surface area contributed by atoms with Gasteiger partial charge in [0, 0.05) is 32.1 Å². The van der Waals surface area contributed by atoms with Gasteiger partial charge in [0.05, 0.1) is 0 Å². The van der Waals surface area contributed by atoms with E-state index in [2.05, 4.69) is 34.5 Å². The van der Waals surface area contributed by atoms with Gasteiger partial charge in [0.25, 0.3) is 0 Å². The van der Waals surface area contributed by atoms with Crippen LogP contribution in [0.2, 0.25) is 0 Å². The van der Waals surface area contributed by atoms with Gasteiger partial charge in [0.2, 0.25) is 0 Å². The molecule has 0 saturated heterocycles. The van der Waals surface area contributed by atoms with Gasteiger partial charge in [-0.3, -0.25) is 4.68 Å². The van der Waals surface area contributed by atoms with Crippen LogP contribution in [0.4, 0.5) is 5.69 Å². The zero-order valence-electron chi connectivity index (χ0n) is 10.3. The molecule has 4 nitrogen and oxygen atoms in total. The maximum atomic E-state index is 4.47. The monoisotopic (exact) mass is 230 g/mol. The fourth-order valence-electron chi connectivity index (χ4n) is 1.72. The molecular weight excluding hydrogens is 212 g/mol. The minimum Gasteiger partial charge on any atom is -0.385 e. The second-order valence-corrected chi connectivity index (χ2v) is 3.96. The topological polar surface area (TPSA) is 42.7 Å². The van der Waals surface area contributed by atoms with E-state index in [0.29, 0.717) is 0 Å². The molecule has 0 saturated carbocycles. The van der Waals surface area contributed by atoms with Gasteiger partial charge in [-0.05, 0) is 12.1 Å². The van der Waals surface area contributed by atoms with Gasteiger partial charge in [0.1, 0.15) is 5.82 Å². The van der Waals surface area contributed by atoms with Crippen molar-refractivity contribution in [1.29, 1.82) is 0 Å². The van der Waals surface area contributed by atoms with E-state index in [1.807, 2.05) is 29.9 Å². The molecule has 90 valence electrons. The first-order valence-corrected chi connectivity index (χ1v) is 5.97. The van der Waals surface area contributed by atoms with Crippen LogP contribution in [0, 0.1) is 0 Å². The average Bonchev–Trinajstić information content (AvgIpc) is 2.72. The Morgan fingerprint density at radius 1 is 1.24 bits per heavy atom. The summed E-state index contributed by atoms with van der Waals surface area (Å²) in [5.74, 6) is 1.95. The van der Waals surface area contributed by atoms with Crippen LogP contribution in [0.3, 0.4) is 0 Å². The van der Waals surface area contributed by atoms with Crippen LogP contribution < -0.4 is 5.32 Å². The summed E-state index contributed by atoms with van der Waals surface area (Å²) in [7, 11) is 1.95. The van der Waals surface area contributed by atoms with E-state index in [1.54, 1.807) is 0 Å². The van der Waals surface area contributed by atoms with Crippen molar-refractivity contribution in [2.75, 3.05) is 11.9 Å². The second kappa shape index (κ2) is 5.48. The Balaban J connectivity index is 1.88. The lowest BCUT2D eigenvalue weighted by molar-refractivity contribution is 0.694. The van der Waals surface area contributed by atoms with Crippen molar-refractivity contribution in [3.8, 4) is 0 Å². The van der Waals surface area contributed by atoms with Crippen LogP contribution in [0.1, 0.15) is 18.6 Å². The standard InChI is InChI=1S/C13H18N4/c1-3-12-15-13(17(2)16-12)9-10-14-11-7-5-4-6-8-11/h4-8,14H,3,9-10H2,1-2H3. The molecule has 17 heavy (non-hydrogen) atoms. The van der Waals surface area contributed by atoms with Gasteiger partial charge in [-0.25, -0.2) is 4.98 Å². The number of hydrogen-bond donors (Lipinski definition) is 1. The molecule has 0 aliphatic rings. The fraction of sp³-hybridized carbons (Fsp3) is 0.385. The molecule has 0 amide bonds. The van der Waals surface area contributed by atoms with E-state index < -0.39 is 0 Å². The van der Waals surface area contributed by atoms with Crippen molar-refractivity contribution >= 4 is 5.69 Å². The summed E-state index contributed by atoms with van der Waals surface area (Å²) in [5, 5.41) is 7.70. The van der Waals surface area contributed by atoms with Crippen molar-refractivity contribution in [2.24, 2.45) is 7.05 Å². The molecule has 1 aromatic heterocycles. The predicted molar refractivity (Wildman–Crippen MR) is 69.0 cm³/mol. The average molecular weight is 230 g/mol. The minimum atomic E-state index is 0.875. The normalized spacial score (nSPS) is 10.5. The molecule has 0 aliphatic heterocycles. The summed E-state index contributed by atoms with van der Waals surface area (Å²) in [6, 6.07) is 10.2. The third kappa shape index (κ3) is 3.06. The number of nitrogens with one attached hydrogen (secondary N) is 1. The number of aryl methyl sites for hydroxylation is 2. The Hall–Kier alpha value is -1.84. The molecule has 0 bridgehead atoms. The van der Waals surface area contributed by atoms with E-state index in [1.165, 1.54) is 0 Å². The van der Waals surface area contributed by atoms with Gasteiger partial charge in [-0.2, -0.15) is 5.10 Å². The van der Waals surface area contributed by atoms with E-state index in [4.69, 9.17) is 0 Å². The number of nitrogens with zero attached hydrogens (tertiary/aromatic N) is 3. The number of anilines is 1. The molecule has 1 heterocycles. The summed E-state index contributed by atoms with van der Waals surface area (Å²) < 4.78 is 1.87. The van der Waals surface area contributed by atoms with E-state index >= 15 is 0 Å². The Morgan fingerprint density at radius 2 is 2.00 bits per heavy atom. The minimum absolute atomic E-state index is 0.875. The second-order valence-electron chi connectivity index (χ2n) is 3.96. The van der Waals surface area contributed by atoms with Crippen molar-refractivity contribution in [3.05, 3.63) is 42.0 Å². The smallest absolute Gasteiger partial charge is 0.150 e. The lowest BCUT2D eigenvalue weighted by Crippen LogP contribution is -2.09. The highest BCUT2D eigenvalue weighted by molar-refractivity contribution is 5.42. The molecule has 1 aromatic carbocycles. The van der Waals surface area contributed by atoms with E-state index in [0.717, 1.165) is 36.7 Å². The quantitative estimate of drug-likeness (QED) is 0.854. The maximum absolute atomic E-state index is 4.47. The number of benzene rings is 1. The van der Waals surface area contributed by atoms with Crippen molar-refractivity contribution < 1.29 is 0 Å². The number of hydrogen-bond acceptors (Lipinski definition) is 3. The summed E-state index contributed by atoms with van der Waals surface area (Å²) in [6.45, 7) is 2.95. The lowest BCUT2D eigenvalue weighted by Gasteiger charge is -2.05. The molecule has 0 fully saturated rings. The number of aromatic nitrogens is 3. The fourth-order valence-corrected chi connectivity index (χ4v) is 1.72. The Labute approximate surface area is 102 Å². The summed E-state index contributed by atoms with van der Waals surface area (Å²) in [5.41, 5.74) is 1.14. The zero-order chi connectivity index (χ0) is 12.1. The first kappa shape index (κ1) is 11.6. The third-order valence-electron chi connectivity index (χ3n) is 2.66. The highest BCUT2D eigenvalue weighted by Gasteiger charge is 2.04. The Morgan fingerprint density at radius 3 is 2.65 bits per heavy atom. The lowest BCUT2D eigenvalue weighted by atomic mass is 10.3. The first-order chi connectivity index (χ1) is 8.29. The number of para-hydroxylation sites is 1. The van der Waals surface area contributed by atoms with E-state index in [9.17, 15) is 0 Å². The van der Waals surface area contributed by atoms with Crippen LogP contribution in [-0.4, -0.2) is 21.3 Å². The van der Waals surface area contributed by atoms with Crippen molar-refractivity contribution in [2.45, 2.75) is 19.8 Å². The van der Waals surface area contributed by atoms with Crippen LogP contribution >= 0.6 is 0 Å². The Bertz CT molecular complexity index is 462. The molecule has 0 radical (unpaired) electrons. The van der Waals surface area contributed by atoms with E-state index in [-0.39, 0.29) is 0 Å². The van der Waals surface area contributed by atoms with Crippen molar-refractivity contribution in [1.82, 2.24) is 14.8 Å². The molecule has 4 heteroatoms. The van der Waals surface area contributed by atoms with Gasteiger partial charge < -0.3 is 5.32 Å². The first-order valence-electron chi connectivity index (χ1n) is 5.97. The summed E-state index contributed by atoms with van der Waals surface area (Å²) in [6.07, 6.45) is 1.78. The van der Waals surface area contributed by atoms with Gasteiger partial charge in [-0.1, -0.05) is 25.1 Å². The zero-order valence-corrected chi connectivity index (χ0v) is 10.3. The SMILES string of the molecule is CCc1nc(CCNc2ccccc2)n(C)n1. The molecule has 0 unspecified atom stereocenters. The number of rotatable bonds is 5. The molecule has 0 atom stereocenters. The predicted octanol–water partition coefficient (Wildman–Crippen LogP) is 2.03. The van der Waals surface area contributed by atoms with Crippen LogP contribution in [-0.2, 0) is 19.9 Å². The third-order valence-corrected chi connectivity index (χ3v) is 2.66. The summed E-state index contributed by atoms with van der Waals surface area (Å²) in [4.78, 5) is 4.47. The van der Waals surface area contributed by atoms with Crippen molar-refractivity contribution in [3.63, 3.8) is 0 Å². The molecule has 2 rings (SSSR count).